The third-order valence-corrected chi connectivity index (χ3v) is 4.77. The summed E-state index contributed by atoms with van der Waals surface area (Å²) in [6.07, 6.45) is -10.8. The standard InChI is InChI=1S/C17H16F6N2O/c1-3-8-7(2)9-4-11-10(5-13(26)24-11)14(17(21,22)23)15(9)25-12(8)6-16(18,19)20/h4,12,25H,3,5-6H2,1-2H3,(H,24,26). The quantitative estimate of drug-likeness (QED) is 0.701. The summed E-state index contributed by atoms with van der Waals surface area (Å²) in [7, 11) is 0. The van der Waals surface area contributed by atoms with Crippen LogP contribution in [0.15, 0.2) is 11.6 Å². The number of halogens is 6. The molecule has 0 saturated carbocycles. The van der Waals surface area contributed by atoms with Crippen molar-refractivity contribution in [1.82, 2.24) is 0 Å². The van der Waals surface area contributed by atoms with E-state index in [4.69, 9.17) is 0 Å². The summed E-state index contributed by atoms with van der Waals surface area (Å²) in [5.41, 5.74) is -0.647. The SMILES string of the molecule is CCC1=C(C)c2cc3c(c(C(F)(F)F)c2NC1CC(F)(F)F)CC(=O)N3. The first-order valence-electron chi connectivity index (χ1n) is 8.02. The lowest BCUT2D eigenvalue weighted by Crippen LogP contribution is -2.33. The van der Waals surface area contributed by atoms with Gasteiger partial charge in [-0.1, -0.05) is 6.92 Å². The van der Waals surface area contributed by atoms with E-state index in [0.717, 1.165) is 0 Å². The molecule has 0 fully saturated rings. The Hall–Kier alpha value is -2.19. The molecule has 1 aromatic carbocycles. The number of alkyl halides is 6. The van der Waals surface area contributed by atoms with E-state index in [1.165, 1.54) is 13.0 Å². The van der Waals surface area contributed by atoms with E-state index in [1.807, 2.05) is 0 Å². The first kappa shape index (κ1) is 18.6. The number of anilines is 2. The maximum atomic E-state index is 13.7. The molecule has 1 aromatic rings. The van der Waals surface area contributed by atoms with E-state index in [0.29, 0.717) is 11.1 Å². The fraction of sp³-hybridized carbons (Fsp3) is 0.471. The Bertz CT molecular complexity index is 807. The highest BCUT2D eigenvalue weighted by molar-refractivity contribution is 6.02. The van der Waals surface area contributed by atoms with E-state index < -0.39 is 42.7 Å². The molecule has 1 atom stereocenters. The Morgan fingerprint density at radius 1 is 1.19 bits per heavy atom. The van der Waals surface area contributed by atoms with Crippen LogP contribution in [0.3, 0.4) is 0 Å². The number of carbonyl (C=O) groups is 1. The van der Waals surface area contributed by atoms with Gasteiger partial charge in [0.2, 0.25) is 5.91 Å². The highest BCUT2D eigenvalue weighted by atomic mass is 19.4. The normalized spacial score (nSPS) is 19.8. The first-order valence-corrected chi connectivity index (χ1v) is 8.02. The Balaban J connectivity index is 2.24. The lowest BCUT2D eigenvalue weighted by molar-refractivity contribution is -0.137. The number of carbonyl (C=O) groups excluding carboxylic acids is 1. The van der Waals surface area contributed by atoms with Crippen molar-refractivity contribution in [1.29, 1.82) is 0 Å². The van der Waals surface area contributed by atoms with Crippen molar-refractivity contribution in [2.75, 3.05) is 10.6 Å². The van der Waals surface area contributed by atoms with Gasteiger partial charge in [-0.2, -0.15) is 26.3 Å². The van der Waals surface area contributed by atoms with Gasteiger partial charge in [-0.3, -0.25) is 4.79 Å². The number of benzene rings is 1. The number of fused-ring (bicyclic) bond motifs is 2. The molecule has 2 heterocycles. The van der Waals surface area contributed by atoms with E-state index in [-0.39, 0.29) is 28.9 Å². The van der Waals surface area contributed by atoms with E-state index in [2.05, 4.69) is 10.6 Å². The highest BCUT2D eigenvalue weighted by Gasteiger charge is 2.44. The monoisotopic (exact) mass is 378 g/mol. The minimum Gasteiger partial charge on any atom is -0.377 e. The molecule has 0 aliphatic carbocycles. The molecule has 142 valence electrons. The smallest absolute Gasteiger partial charge is 0.377 e. The molecule has 3 nitrogen and oxygen atoms in total. The van der Waals surface area contributed by atoms with Crippen molar-refractivity contribution in [2.45, 2.75) is 51.5 Å². The van der Waals surface area contributed by atoms with Crippen molar-refractivity contribution in [3.63, 3.8) is 0 Å². The van der Waals surface area contributed by atoms with E-state index in [9.17, 15) is 31.1 Å². The first-order chi connectivity index (χ1) is 11.9. The largest absolute Gasteiger partial charge is 0.418 e. The zero-order valence-electron chi connectivity index (χ0n) is 14.0. The van der Waals surface area contributed by atoms with E-state index >= 15 is 0 Å². The Kier molecular flexibility index (Phi) is 4.23. The topological polar surface area (TPSA) is 41.1 Å². The van der Waals surface area contributed by atoms with Crippen molar-refractivity contribution in [3.05, 3.63) is 28.3 Å². The highest BCUT2D eigenvalue weighted by Crippen LogP contribution is 2.49. The lowest BCUT2D eigenvalue weighted by Gasteiger charge is -2.34. The summed E-state index contributed by atoms with van der Waals surface area (Å²) in [5.74, 6) is -0.572. The number of amides is 1. The van der Waals surface area contributed by atoms with Gasteiger partial charge in [-0.25, -0.2) is 0 Å². The molecule has 1 amide bonds. The molecule has 0 bridgehead atoms. The molecule has 0 radical (unpaired) electrons. The Morgan fingerprint density at radius 2 is 1.85 bits per heavy atom. The van der Waals surface area contributed by atoms with Crippen LogP contribution in [0.2, 0.25) is 0 Å². The number of nitrogens with one attached hydrogen (secondary N) is 2. The van der Waals surface area contributed by atoms with Crippen LogP contribution in [0.25, 0.3) is 5.57 Å². The minimum atomic E-state index is -4.80. The molecule has 1 unspecified atom stereocenters. The third kappa shape index (κ3) is 3.14. The van der Waals surface area contributed by atoms with Crippen molar-refractivity contribution >= 4 is 22.9 Å². The zero-order chi connectivity index (χ0) is 19.4. The maximum Gasteiger partial charge on any atom is 0.418 e. The van der Waals surface area contributed by atoms with Gasteiger partial charge in [-0.15, -0.1) is 0 Å². The van der Waals surface area contributed by atoms with Crippen LogP contribution < -0.4 is 10.6 Å². The fourth-order valence-electron chi connectivity index (χ4n) is 3.75. The predicted octanol–water partition coefficient (Wildman–Crippen LogP) is 5.13. The second-order valence-electron chi connectivity index (χ2n) is 6.44. The molecule has 26 heavy (non-hydrogen) atoms. The predicted molar refractivity (Wildman–Crippen MR) is 84.7 cm³/mol. The van der Waals surface area contributed by atoms with Crippen LogP contribution in [-0.4, -0.2) is 18.1 Å². The van der Waals surface area contributed by atoms with Crippen molar-refractivity contribution < 1.29 is 31.1 Å². The van der Waals surface area contributed by atoms with Gasteiger partial charge in [0.25, 0.3) is 0 Å². The fourth-order valence-corrected chi connectivity index (χ4v) is 3.75. The van der Waals surface area contributed by atoms with E-state index in [1.54, 1.807) is 6.92 Å². The maximum absolute atomic E-state index is 13.7. The zero-order valence-corrected chi connectivity index (χ0v) is 14.0. The van der Waals surface area contributed by atoms with Crippen molar-refractivity contribution in [3.8, 4) is 0 Å². The number of hydrogen-bond acceptors (Lipinski definition) is 2. The molecule has 0 aromatic heterocycles. The minimum absolute atomic E-state index is 0.0620. The third-order valence-electron chi connectivity index (χ3n) is 4.77. The second-order valence-corrected chi connectivity index (χ2v) is 6.44. The van der Waals surface area contributed by atoms with Gasteiger partial charge in [0.1, 0.15) is 0 Å². The number of allylic oxidation sites excluding steroid dienone is 1. The molecule has 2 N–H and O–H groups in total. The van der Waals surface area contributed by atoms with Crippen LogP contribution in [0.4, 0.5) is 37.7 Å². The molecule has 3 rings (SSSR count). The number of rotatable bonds is 2. The molecular weight excluding hydrogens is 362 g/mol. The van der Waals surface area contributed by atoms with Crippen LogP contribution in [0, 0.1) is 0 Å². The molecule has 2 aliphatic rings. The average molecular weight is 378 g/mol. The van der Waals surface area contributed by atoms with Gasteiger partial charge in [0, 0.05) is 11.3 Å². The molecule has 0 saturated heterocycles. The van der Waals surface area contributed by atoms with Gasteiger partial charge in [-0.05, 0) is 36.1 Å². The van der Waals surface area contributed by atoms with Gasteiger partial charge >= 0.3 is 12.4 Å². The van der Waals surface area contributed by atoms with Crippen LogP contribution in [0.5, 0.6) is 0 Å². The summed E-state index contributed by atoms with van der Waals surface area (Å²) < 4.78 is 79.9. The van der Waals surface area contributed by atoms with Gasteiger partial charge in [0.15, 0.2) is 0 Å². The van der Waals surface area contributed by atoms with Crippen LogP contribution in [0.1, 0.15) is 43.4 Å². The summed E-state index contributed by atoms with van der Waals surface area (Å²) in [6, 6.07) is 0.142. The second kappa shape index (κ2) is 5.92. The summed E-state index contributed by atoms with van der Waals surface area (Å²) in [6.45, 7) is 3.18. The Labute approximate surface area is 145 Å². The summed E-state index contributed by atoms with van der Waals surface area (Å²) in [4.78, 5) is 11.6. The van der Waals surface area contributed by atoms with Crippen LogP contribution >= 0.6 is 0 Å². The lowest BCUT2D eigenvalue weighted by atomic mass is 9.84. The summed E-state index contributed by atoms with van der Waals surface area (Å²) >= 11 is 0. The Morgan fingerprint density at radius 3 is 2.38 bits per heavy atom. The molecule has 9 heteroatoms. The average Bonchev–Trinajstić information content (AvgIpc) is 2.82. The van der Waals surface area contributed by atoms with Crippen molar-refractivity contribution in [2.24, 2.45) is 0 Å². The summed E-state index contributed by atoms with van der Waals surface area (Å²) in [5, 5.41) is 4.86. The van der Waals surface area contributed by atoms with Gasteiger partial charge in [0.05, 0.1) is 30.1 Å². The molecule has 0 spiro atoms. The van der Waals surface area contributed by atoms with Gasteiger partial charge < -0.3 is 10.6 Å². The molecule has 2 aliphatic heterocycles. The van der Waals surface area contributed by atoms with Crippen LogP contribution in [-0.2, 0) is 17.4 Å². The number of hydrogen-bond donors (Lipinski definition) is 2. The molecular formula is C17H16F6N2O.